The van der Waals surface area contributed by atoms with Gasteiger partial charge in [0.2, 0.25) is 0 Å². The molecule has 0 bridgehead atoms. The van der Waals surface area contributed by atoms with Gasteiger partial charge in [0.1, 0.15) is 17.3 Å². The number of Topliss-reactive ketones (excluding diaryl/α,β-unsaturated/α-hetero) is 1. The Morgan fingerprint density at radius 3 is 2.50 bits per heavy atom. The molecule has 1 aromatic carbocycles. The van der Waals surface area contributed by atoms with E-state index < -0.39 is 0 Å². The van der Waals surface area contributed by atoms with Crippen molar-refractivity contribution in [2.45, 2.75) is 65.7 Å². The molecule has 1 atom stereocenters. The first-order valence-electron chi connectivity index (χ1n) is 8.30. The Bertz CT molecular complexity index is 558. The number of benzene rings is 1. The number of rotatable bonds is 4. The summed E-state index contributed by atoms with van der Waals surface area (Å²) in [6.07, 6.45) is 4.20. The molecule has 22 heavy (non-hydrogen) atoms. The third-order valence-corrected chi connectivity index (χ3v) is 5.13. The smallest absolute Gasteiger partial charge is 0.136 e. The number of phenolic OH excluding ortho intramolecular Hbond substituents is 2. The minimum atomic E-state index is 0.0444. The largest absolute Gasteiger partial charge is 0.508 e. The van der Waals surface area contributed by atoms with Crippen LogP contribution in [-0.2, 0) is 11.2 Å². The summed E-state index contributed by atoms with van der Waals surface area (Å²) in [4.78, 5) is 12.2. The molecule has 0 saturated heterocycles. The molecule has 3 heteroatoms. The second-order valence-electron chi connectivity index (χ2n) is 7.59. The molecular weight excluding hydrogens is 276 g/mol. The quantitative estimate of drug-likeness (QED) is 0.858. The molecule has 1 fully saturated rings. The van der Waals surface area contributed by atoms with Crippen molar-refractivity contribution in [2.75, 3.05) is 0 Å². The van der Waals surface area contributed by atoms with E-state index in [1.165, 1.54) is 6.07 Å². The third kappa shape index (κ3) is 3.45. The van der Waals surface area contributed by atoms with E-state index in [9.17, 15) is 15.0 Å². The summed E-state index contributed by atoms with van der Waals surface area (Å²) in [5.41, 5.74) is 1.72. The molecule has 2 rings (SSSR count). The SMILES string of the molecule is CC(C)c1cc(CC[C@@H]2C(=O)CCCC2(C)C)c(O)cc1O. The molecule has 0 aliphatic heterocycles. The van der Waals surface area contributed by atoms with Crippen molar-refractivity contribution < 1.29 is 15.0 Å². The highest BCUT2D eigenvalue weighted by Crippen LogP contribution is 2.42. The van der Waals surface area contributed by atoms with E-state index in [-0.39, 0.29) is 28.7 Å². The van der Waals surface area contributed by atoms with Crippen molar-refractivity contribution >= 4 is 5.78 Å². The van der Waals surface area contributed by atoms with Crippen molar-refractivity contribution in [3.05, 3.63) is 23.3 Å². The molecule has 0 heterocycles. The summed E-state index contributed by atoms with van der Waals surface area (Å²) in [5.74, 6) is 0.899. The maximum Gasteiger partial charge on any atom is 0.136 e. The summed E-state index contributed by atoms with van der Waals surface area (Å²) in [6, 6.07) is 3.31. The van der Waals surface area contributed by atoms with Gasteiger partial charge < -0.3 is 10.2 Å². The Hall–Kier alpha value is -1.51. The number of ketones is 1. The van der Waals surface area contributed by atoms with Gasteiger partial charge in [0.25, 0.3) is 0 Å². The number of hydrogen-bond acceptors (Lipinski definition) is 3. The van der Waals surface area contributed by atoms with Crippen LogP contribution in [-0.4, -0.2) is 16.0 Å². The van der Waals surface area contributed by atoms with Gasteiger partial charge in [-0.25, -0.2) is 0 Å². The van der Waals surface area contributed by atoms with Crippen LogP contribution in [0.5, 0.6) is 11.5 Å². The fraction of sp³-hybridized carbons (Fsp3) is 0.632. The zero-order valence-electron chi connectivity index (χ0n) is 14.1. The molecule has 1 aromatic rings. The number of phenols is 2. The van der Waals surface area contributed by atoms with Crippen LogP contribution in [0.4, 0.5) is 0 Å². The monoisotopic (exact) mass is 304 g/mol. The molecule has 0 radical (unpaired) electrons. The van der Waals surface area contributed by atoms with Gasteiger partial charge in [-0.1, -0.05) is 27.7 Å². The Balaban J connectivity index is 2.17. The molecule has 0 amide bonds. The second kappa shape index (κ2) is 6.31. The van der Waals surface area contributed by atoms with Crippen molar-refractivity contribution in [3.63, 3.8) is 0 Å². The van der Waals surface area contributed by atoms with Crippen molar-refractivity contribution in [1.82, 2.24) is 0 Å². The van der Waals surface area contributed by atoms with Gasteiger partial charge in [-0.05, 0) is 54.2 Å². The minimum Gasteiger partial charge on any atom is -0.508 e. The van der Waals surface area contributed by atoms with Crippen molar-refractivity contribution in [2.24, 2.45) is 11.3 Å². The van der Waals surface area contributed by atoms with Crippen LogP contribution in [0.25, 0.3) is 0 Å². The Kier molecular flexibility index (Phi) is 4.84. The first kappa shape index (κ1) is 16.9. The Morgan fingerprint density at radius 1 is 1.23 bits per heavy atom. The van der Waals surface area contributed by atoms with Crippen molar-refractivity contribution in [1.29, 1.82) is 0 Å². The number of aryl methyl sites for hydroxylation is 1. The van der Waals surface area contributed by atoms with E-state index in [4.69, 9.17) is 0 Å². The predicted molar refractivity (Wildman–Crippen MR) is 88.3 cm³/mol. The molecule has 1 aliphatic rings. The highest BCUT2D eigenvalue weighted by molar-refractivity contribution is 5.82. The Labute approximate surface area is 133 Å². The maximum absolute atomic E-state index is 12.2. The van der Waals surface area contributed by atoms with Crippen LogP contribution >= 0.6 is 0 Å². The molecule has 1 aliphatic carbocycles. The molecule has 1 saturated carbocycles. The summed E-state index contributed by atoms with van der Waals surface area (Å²) in [6.45, 7) is 8.38. The van der Waals surface area contributed by atoms with E-state index >= 15 is 0 Å². The lowest BCUT2D eigenvalue weighted by Gasteiger charge is -2.37. The van der Waals surface area contributed by atoms with Crippen LogP contribution in [0, 0.1) is 11.3 Å². The minimum absolute atomic E-state index is 0.0444. The second-order valence-corrected chi connectivity index (χ2v) is 7.59. The summed E-state index contributed by atoms with van der Waals surface area (Å²) in [5, 5.41) is 20.0. The van der Waals surface area contributed by atoms with Gasteiger partial charge in [0, 0.05) is 18.4 Å². The number of hydrogen-bond donors (Lipinski definition) is 2. The highest BCUT2D eigenvalue weighted by Gasteiger charge is 2.37. The van der Waals surface area contributed by atoms with Gasteiger partial charge >= 0.3 is 0 Å². The zero-order chi connectivity index (χ0) is 16.5. The lowest BCUT2D eigenvalue weighted by Crippen LogP contribution is -2.35. The molecule has 3 nitrogen and oxygen atoms in total. The van der Waals surface area contributed by atoms with Gasteiger partial charge in [0.05, 0.1) is 0 Å². The zero-order valence-corrected chi connectivity index (χ0v) is 14.1. The van der Waals surface area contributed by atoms with E-state index in [0.717, 1.165) is 30.4 Å². The van der Waals surface area contributed by atoms with Crippen LogP contribution in [0.3, 0.4) is 0 Å². The number of carbonyl (C=O) groups is 1. The van der Waals surface area contributed by atoms with E-state index in [1.807, 2.05) is 19.9 Å². The maximum atomic E-state index is 12.2. The van der Waals surface area contributed by atoms with Gasteiger partial charge in [-0.3, -0.25) is 4.79 Å². The Morgan fingerprint density at radius 2 is 1.91 bits per heavy atom. The molecule has 2 N–H and O–H groups in total. The first-order chi connectivity index (χ1) is 10.2. The fourth-order valence-corrected chi connectivity index (χ4v) is 3.66. The van der Waals surface area contributed by atoms with E-state index in [1.54, 1.807) is 0 Å². The lowest BCUT2D eigenvalue weighted by atomic mass is 9.66. The molecule has 0 unspecified atom stereocenters. The van der Waals surface area contributed by atoms with Gasteiger partial charge in [-0.2, -0.15) is 0 Å². The number of carbonyl (C=O) groups excluding carboxylic acids is 1. The molecule has 0 spiro atoms. The van der Waals surface area contributed by atoms with Crippen LogP contribution < -0.4 is 0 Å². The number of aromatic hydroxyl groups is 2. The van der Waals surface area contributed by atoms with Crippen LogP contribution in [0.15, 0.2) is 12.1 Å². The lowest BCUT2D eigenvalue weighted by molar-refractivity contribution is -0.129. The van der Waals surface area contributed by atoms with Crippen LogP contribution in [0.1, 0.15) is 70.4 Å². The molecular formula is C19H28O3. The summed E-state index contributed by atoms with van der Waals surface area (Å²) >= 11 is 0. The first-order valence-corrected chi connectivity index (χ1v) is 8.30. The highest BCUT2D eigenvalue weighted by atomic mass is 16.3. The fourth-order valence-electron chi connectivity index (χ4n) is 3.66. The third-order valence-electron chi connectivity index (χ3n) is 5.13. The molecule has 0 aromatic heterocycles. The van der Waals surface area contributed by atoms with Crippen molar-refractivity contribution in [3.8, 4) is 11.5 Å². The van der Waals surface area contributed by atoms with Crippen LogP contribution in [0.2, 0.25) is 0 Å². The standard InChI is InChI=1S/C19H28O3/c1-12(2)14-10-13(17(21)11-18(14)22)7-8-15-16(20)6-5-9-19(15,3)4/h10-12,15,21-22H,5-9H2,1-4H3/t15-/m1/s1. The average molecular weight is 304 g/mol. The topological polar surface area (TPSA) is 57.5 Å². The van der Waals surface area contributed by atoms with E-state index in [0.29, 0.717) is 18.6 Å². The van der Waals surface area contributed by atoms with Gasteiger partial charge in [-0.15, -0.1) is 0 Å². The summed E-state index contributed by atoms with van der Waals surface area (Å²) < 4.78 is 0. The summed E-state index contributed by atoms with van der Waals surface area (Å²) in [7, 11) is 0. The molecule has 122 valence electrons. The van der Waals surface area contributed by atoms with Gasteiger partial charge in [0.15, 0.2) is 0 Å². The average Bonchev–Trinajstić information content (AvgIpc) is 2.39. The normalized spacial score (nSPS) is 21.3. The predicted octanol–water partition coefficient (Wildman–Crippen LogP) is 4.55. The van der Waals surface area contributed by atoms with E-state index in [2.05, 4.69) is 13.8 Å².